The van der Waals surface area contributed by atoms with Crippen LogP contribution in [0.15, 0.2) is 0 Å². The lowest BCUT2D eigenvalue weighted by molar-refractivity contribution is -0.172. The Morgan fingerprint density at radius 3 is 2.22 bits per heavy atom. The second-order valence-corrected chi connectivity index (χ2v) is 4.83. The number of rotatable bonds is 3. The summed E-state index contributed by atoms with van der Waals surface area (Å²) in [7, 11) is 2.83. The van der Waals surface area contributed by atoms with E-state index < -0.39 is 5.91 Å². The van der Waals surface area contributed by atoms with E-state index in [1.807, 2.05) is 0 Å². The van der Waals surface area contributed by atoms with Crippen molar-refractivity contribution in [3.05, 3.63) is 0 Å². The topological polar surface area (TPSA) is 66.9 Å². The fourth-order valence-electron chi connectivity index (χ4n) is 2.72. The first-order valence-corrected chi connectivity index (χ1v) is 6.22. The Kier molecular flexibility index (Phi) is 3.65. The van der Waals surface area contributed by atoms with Gasteiger partial charge in [0.1, 0.15) is 6.54 Å². The van der Waals surface area contributed by atoms with Gasteiger partial charge in [-0.25, -0.2) is 5.06 Å². The van der Waals surface area contributed by atoms with Crippen LogP contribution in [-0.4, -0.2) is 48.4 Å². The molecule has 2 fully saturated rings. The van der Waals surface area contributed by atoms with Crippen molar-refractivity contribution >= 4 is 17.7 Å². The maximum atomic E-state index is 12.1. The summed E-state index contributed by atoms with van der Waals surface area (Å²) in [5.74, 6) is -1.18. The lowest BCUT2D eigenvalue weighted by Gasteiger charge is -2.19. The SMILES string of the molecule is CON(C)C(=O)CN1C(=O)C2CCCCC2C1=O. The molecule has 1 saturated carbocycles. The van der Waals surface area contributed by atoms with Gasteiger partial charge in [-0.3, -0.25) is 24.1 Å². The van der Waals surface area contributed by atoms with E-state index >= 15 is 0 Å². The first-order valence-electron chi connectivity index (χ1n) is 6.22. The van der Waals surface area contributed by atoms with Gasteiger partial charge >= 0.3 is 0 Å². The van der Waals surface area contributed by atoms with Gasteiger partial charge in [-0.15, -0.1) is 0 Å². The molecule has 2 unspecified atom stereocenters. The predicted molar refractivity (Wildman–Crippen MR) is 61.9 cm³/mol. The van der Waals surface area contributed by atoms with Crippen molar-refractivity contribution in [3.63, 3.8) is 0 Å². The number of imide groups is 1. The van der Waals surface area contributed by atoms with Crippen LogP contribution in [0.1, 0.15) is 25.7 Å². The average molecular weight is 254 g/mol. The summed E-state index contributed by atoms with van der Waals surface area (Å²) < 4.78 is 0. The van der Waals surface area contributed by atoms with Crippen LogP contribution in [0.3, 0.4) is 0 Å². The summed E-state index contributed by atoms with van der Waals surface area (Å²) in [6, 6.07) is 0. The van der Waals surface area contributed by atoms with Gasteiger partial charge in [0, 0.05) is 7.05 Å². The minimum Gasteiger partial charge on any atom is -0.275 e. The van der Waals surface area contributed by atoms with Crippen molar-refractivity contribution in [1.29, 1.82) is 0 Å². The summed E-state index contributed by atoms with van der Waals surface area (Å²) in [5, 5.41) is 1.03. The highest BCUT2D eigenvalue weighted by molar-refractivity contribution is 6.07. The Hall–Kier alpha value is -1.43. The number of nitrogens with zero attached hydrogens (tertiary/aromatic N) is 2. The van der Waals surface area contributed by atoms with E-state index in [0.29, 0.717) is 0 Å². The number of hydrogen-bond acceptors (Lipinski definition) is 4. The fraction of sp³-hybridized carbons (Fsp3) is 0.750. The van der Waals surface area contributed by atoms with E-state index in [2.05, 4.69) is 0 Å². The van der Waals surface area contributed by atoms with E-state index in [0.717, 1.165) is 35.6 Å². The minimum absolute atomic E-state index is 0.192. The molecular formula is C12H18N2O4. The molecule has 0 aromatic heterocycles. The van der Waals surface area contributed by atoms with E-state index in [4.69, 9.17) is 4.84 Å². The minimum atomic E-state index is -0.391. The molecule has 0 aromatic carbocycles. The zero-order valence-electron chi connectivity index (χ0n) is 10.7. The highest BCUT2D eigenvalue weighted by Crippen LogP contribution is 2.37. The smallest absolute Gasteiger partial charge is 0.265 e. The van der Waals surface area contributed by atoms with Crippen molar-refractivity contribution < 1.29 is 19.2 Å². The molecule has 2 atom stereocenters. The molecule has 0 radical (unpaired) electrons. The normalized spacial score (nSPS) is 27.3. The van der Waals surface area contributed by atoms with Crippen molar-refractivity contribution in [2.45, 2.75) is 25.7 Å². The van der Waals surface area contributed by atoms with Gasteiger partial charge < -0.3 is 0 Å². The maximum Gasteiger partial charge on any atom is 0.265 e. The summed E-state index contributed by atoms with van der Waals surface area (Å²) in [4.78, 5) is 41.7. The number of likely N-dealkylation sites (tertiary alicyclic amines) is 1. The van der Waals surface area contributed by atoms with Crippen LogP contribution in [0.2, 0.25) is 0 Å². The lowest BCUT2D eigenvalue weighted by Crippen LogP contribution is -2.41. The van der Waals surface area contributed by atoms with E-state index in [1.165, 1.54) is 14.2 Å². The van der Waals surface area contributed by atoms with Crippen LogP contribution in [0.5, 0.6) is 0 Å². The summed E-state index contributed by atoms with van der Waals surface area (Å²) >= 11 is 0. The highest BCUT2D eigenvalue weighted by Gasteiger charge is 2.48. The van der Waals surface area contributed by atoms with Gasteiger partial charge in [0.05, 0.1) is 18.9 Å². The van der Waals surface area contributed by atoms with Crippen LogP contribution in [-0.2, 0) is 19.2 Å². The van der Waals surface area contributed by atoms with Crippen LogP contribution >= 0.6 is 0 Å². The van der Waals surface area contributed by atoms with Crippen LogP contribution in [0, 0.1) is 11.8 Å². The molecule has 1 heterocycles. The quantitative estimate of drug-likeness (QED) is 0.532. The van der Waals surface area contributed by atoms with E-state index in [9.17, 15) is 14.4 Å². The molecule has 3 amide bonds. The lowest BCUT2D eigenvalue weighted by atomic mass is 9.81. The number of likely N-dealkylation sites (N-methyl/N-ethyl adjacent to an activating group) is 1. The molecule has 2 aliphatic rings. The molecule has 1 saturated heterocycles. The first-order chi connectivity index (χ1) is 8.56. The first kappa shape index (κ1) is 13.0. The zero-order chi connectivity index (χ0) is 13.3. The molecule has 6 nitrogen and oxygen atoms in total. The Labute approximate surface area is 106 Å². The van der Waals surface area contributed by atoms with Gasteiger partial charge in [0.25, 0.3) is 5.91 Å². The maximum absolute atomic E-state index is 12.1. The number of fused-ring (bicyclic) bond motifs is 1. The number of hydroxylamine groups is 2. The molecule has 2 rings (SSSR count). The van der Waals surface area contributed by atoms with Crippen molar-refractivity contribution in [1.82, 2.24) is 9.96 Å². The zero-order valence-corrected chi connectivity index (χ0v) is 10.7. The predicted octanol–water partition coefficient (Wildman–Crippen LogP) is 0.181. The molecule has 100 valence electrons. The monoisotopic (exact) mass is 254 g/mol. The molecule has 1 aliphatic heterocycles. The van der Waals surface area contributed by atoms with Crippen molar-refractivity contribution in [2.75, 3.05) is 20.7 Å². The van der Waals surface area contributed by atoms with Gasteiger partial charge in [0.2, 0.25) is 11.8 Å². The molecule has 1 aliphatic carbocycles. The molecule has 18 heavy (non-hydrogen) atoms. The average Bonchev–Trinajstić information content (AvgIpc) is 2.63. The second-order valence-electron chi connectivity index (χ2n) is 4.83. The van der Waals surface area contributed by atoms with E-state index in [1.54, 1.807) is 0 Å². The van der Waals surface area contributed by atoms with Crippen molar-refractivity contribution in [3.8, 4) is 0 Å². The Bertz CT molecular complexity index is 358. The third-order valence-corrected chi connectivity index (χ3v) is 3.85. The number of hydrogen-bond donors (Lipinski definition) is 0. The van der Waals surface area contributed by atoms with Crippen LogP contribution in [0.25, 0.3) is 0 Å². The van der Waals surface area contributed by atoms with Gasteiger partial charge in [0.15, 0.2) is 0 Å². The van der Waals surface area contributed by atoms with Crippen molar-refractivity contribution in [2.24, 2.45) is 11.8 Å². The van der Waals surface area contributed by atoms with Crippen LogP contribution < -0.4 is 0 Å². The standard InChI is InChI=1S/C12H18N2O4/c1-13(18-2)10(15)7-14-11(16)8-5-3-4-6-9(8)12(14)17/h8-9H,3-7H2,1-2H3. The Balaban J connectivity index is 2.07. The summed E-state index contributed by atoms with van der Waals surface area (Å²) in [6.07, 6.45) is 3.50. The fourth-order valence-corrected chi connectivity index (χ4v) is 2.72. The molecule has 6 heteroatoms. The Morgan fingerprint density at radius 1 is 1.28 bits per heavy atom. The summed E-state index contributed by atoms with van der Waals surface area (Å²) in [5.41, 5.74) is 0. The molecule has 0 bridgehead atoms. The third kappa shape index (κ3) is 2.12. The van der Waals surface area contributed by atoms with Gasteiger partial charge in [-0.05, 0) is 12.8 Å². The highest BCUT2D eigenvalue weighted by atomic mass is 16.7. The van der Waals surface area contributed by atoms with Gasteiger partial charge in [-0.2, -0.15) is 0 Å². The number of amides is 3. The van der Waals surface area contributed by atoms with Crippen LogP contribution in [0.4, 0.5) is 0 Å². The molecule has 0 spiro atoms. The summed E-state index contributed by atoms with van der Waals surface area (Å²) in [6.45, 7) is -0.213. The number of carbonyl (C=O) groups excluding carboxylic acids is 3. The van der Waals surface area contributed by atoms with E-state index in [-0.39, 0.29) is 30.2 Å². The Morgan fingerprint density at radius 2 is 1.78 bits per heavy atom. The third-order valence-electron chi connectivity index (χ3n) is 3.85. The second kappa shape index (κ2) is 5.06. The number of carbonyl (C=O) groups is 3. The van der Waals surface area contributed by atoms with Gasteiger partial charge in [-0.1, -0.05) is 12.8 Å². The molecular weight excluding hydrogens is 236 g/mol. The largest absolute Gasteiger partial charge is 0.275 e. The molecule has 0 aromatic rings. The molecule has 0 N–H and O–H groups in total.